The van der Waals surface area contributed by atoms with E-state index in [0.29, 0.717) is 19.3 Å². The smallest absolute Gasteiger partial charge is 0.306 e. The molecule has 0 aliphatic rings. The normalized spacial score (nSPS) is 13.5. The molecule has 0 fully saturated rings. The van der Waals surface area contributed by atoms with Crippen LogP contribution in [0.25, 0.3) is 0 Å². The van der Waals surface area contributed by atoms with Gasteiger partial charge < -0.3 is 20.3 Å². The third-order valence-corrected chi connectivity index (χ3v) is 11.8. The molecule has 0 radical (unpaired) electrons. The SMILES string of the molecule is CC/C=C/C=C/C=C/CCCCCCCCCC(=O)OC(CCCCCCCCCCCCCC)CC(=O)NC(CO)C(O)CCCCCCCCCCCCCCC. The second kappa shape index (κ2) is 47.1. The first kappa shape index (κ1) is 57.1. The molecule has 0 aliphatic heterocycles. The van der Waals surface area contributed by atoms with Crippen molar-refractivity contribution in [1.82, 2.24) is 5.32 Å². The number of aliphatic hydroxyl groups is 2. The van der Waals surface area contributed by atoms with Crippen LogP contribution in [0.4, 0.5) is 0 Å². The average Bonchev–Trinajstić information content (AvgIpc) is 3.23. The van der Waals surface area contributed by atoms with E-state index in [1.165, 1.54) is 161 Å². The van der Waals surface area contributed by atoms with E-state index in [-0.39, 0.29) is 24.9 Å². The van der Waals surface area contributed by atoms with Gasteiger partial charge in [-0.2, -0.15) is 0 Å². The third-order valence-electron chi connectivity index (χ3n) is 11.8. The largest absolute Gasteiger partial charge is 0.462 e. The van der Waals surface area contributed by atoms with Crippen LogP contribution in [0.15, 0.2) is 36.5 Å². The zero-order valence-electron chi connectivity index (χ0n) is 39.4. The van der Waals surface area contributed by atoms with Gasteiger partial charge in [0.1, 0.15) is 6.10 Å². The van der Waals surface area contributed by atoms with Crippen LogP contribution in [0, 0.1) is 0 Å². The van der Waals surface area contributed by atoms with Crippen molar-refractivity contribution in [2.75, 3.05) is 6.61 Å². The van der Waals surface area contributed by atoms with Gasteiger partial charge in [0.05, 0.1) is 25.2 Å². The Balaban J connectivity index is 4.54. The van der Waals surface area contributed by atoms with Gasteiger partial charge >= 0.3 is 5.97 Å². The number of esters is 1. The Hall–Kier alpha value is -1.92. The molecule has 0 rings (SSSR count). The summed E-state index contributed by atoms with van der Waals surface area (Å²) in [5, 5.41) is 23.8. The quantitative estimate of drug-likeness (QED) is 0.0323. The minimum absolute atomic E-state index is 0.0765. The number of amides is 1. The maximum atomic E-state index is 13.2. The topological polar surface area (TPSA) is 95.9 Å². The number of unbranched alkanes of at least 4 members (excludes halogenated alkanes) is 30. The van der Waals surface area contributed by atoms with Crippen LogP contribution in [0.2, 0.25) is 0 Å². The third kappa shape index (κ3) is 42.6. The van der Waals surface area contributed by atoms with Crippen molar-refractivity contribution in [3.63, 3.8) is 0 Å². The van der Waals surface area contributed by atoms with Gasteiger partial charge in [0.15, 0.2) is 0 Å². The molecule has 59 heavy (non-hydrogen) atoms. The first-order valence-corrected chi connectivity index (χ1v) is 25.7. The molecule has 3 unspecified atom stereocenters. The van der Waals surface area contributed by atoms with Gasteiger partial charge in [0.2, 0.25) is 5.91 Å². The second-order valence-electron chi connectivity index (χ2n) is 17.6. The first-order chi connectivity index (χ1) is 29.0. The summed E-state index contributed by atoms with van der Waals surface area (Å²) in [4.78, 5) is 26.1. The Labute approximate surface area is 366 Å². The Morgan fingerprint density at radius 3 is 1.37 bits per heavy atom. The summed E-state index contributed by atoms with van der Waals surface area (Å²) in [6.07, 6.45) is 54.8. The molecule has 1 amide bonds. The fourth-order valence-electron chi connectivity index (χ4n) is 7.90. The van der Waals surface area contributed by atoms with Crippen LogP contribution < -0.4 is 5.32 Å². The highest BCUT2D eigenvalue weighted by atomic mass is 16.5. The lowest BCUT2D eigenvalue weighted by molar-refractivity contribution is -0.151. The number of carbonyl (C=O) groups is 2. The van der Waals surface area contributed by atoms with Crippen molar-refractivity contribution in [2.45, 2.75) is 283 Å². The predicted molar refractivity (Wildman–Crippen MR) is 255 cm³/mol. The second-order valence-corrected chi connectivity index (χ2v) is 17.6. The summed E-state index contributed by atoms with van der Waals surface area (Å²) in [5.74, 6) is -0.477. The molecule has 0 heterocycles. The van der Waals surface area contributed by atoms with Crippen LogP contribution in [-0.2, 0) is 14.3 Å². The monoisotopic (exact) mass is 830 g/mol. The van der Waals surface area contributed by atoms with Crippen molar-refractivity contribution in [3.8, 4) is 0 Å². The van der Waals surface area contributed by atoms with Crippen LogP contribution in [0.1, 0.15) is 265 Å². The number of allylic oxidation sites excluding steroid dienone is 6. The van der Waals surface area contributed by atoms with E-state index in [0.717, 1.165) is 57.8 Å². The minimum Gasteiger partial charge on any atom is -0.462 e. The Morgan fingerprint density at radius 2 is 0.915 bits per heavy atom. The number of carbonyl (C=O) groups excluding carboxylic acids is 2. The van der Waals surface area contributed by atoms with Gasteiger partial charge in [-0.1, -0.05) is 243 Å². The molecule has 3 atom stereocenters. The molecule has 0 aromatic heterocycles. The average molecular weight is 830 g/mol. The molecule has 0 bridgehead atoms. The molecule has 6 heteroatoms. The molecule has 346 valence electrons. The van der Waals surface area contributed by atoms with E-state index in [1.54, 1.807) is 0 Å². The highest BCUT2D eigenvalue weighted by molar-refractivity contribution is 5.77. The number of aliphatic hydroxyl groups excluding tert-OH is 2. The van der Waals surface area contributed by atoms with E-state index >= 15 is 0 Å². The van der Waals surface area contributed by atoms with Gasteiger partial charge in [-0.25, -0.2) is 0 Å². The molecular weight excluding hydrogens is 731 g/mol. The fourth-order valence-corrected chi connectivity index (χ4v) is 7.90. The predicted octanol–water partition coefficient (Wildman–Crippen LogP) is 15.3. The lowest BCUT2D eigenvalue weighted by Crippen LogP contribution is -2.46. The lowest BCUT2D eigenvalue weighted by atomic mass is 10.0. The molecule has 0 spiro atoms. The summed E-state index contributed by atoms with van der Waals surface area (Å²) < 4.78 is 5.93. The summed E-state index contributed by atoms with van der Waals surface area (Å²) in [6, 6.07) is -0.700. The maximum absolute atomic E-state index is 13.2. The van der Waals surface area contributed by atoms with Gasteiger partial charge in [-0.3, -0.25) is 9.59 Å². The highest BCUT2D eigenvalue weighted by Crippen LogP contribution is 2.18. The molecule has 0 saturated carbocycles. The zero-order chi connectivity index (χ0) is 43.1. The molecule has 3 N–H and O–H groups in total. The standard InChI is InChI=1S/C53H99NO5/c1-4-7-10-13-16-19-22-25-26-28-31-34-37-40-43-46-53(58)59-49(44-41-38-35-32-29-24-21-18-15-12-9-6-3)47-52(57)54-50(48-55)51(56)45-42-39-36-33-30-27-23-20-17-14-11-8-5-2/h7,10,13,16,19,22,49-51,55-56H,4-6,8-9,11-12,14-15,17-18,20-21,23-48H2,1-3H3,(H,54,57)/b10-7+,16-13+,22-19+. The zero-order valence-corrected chi connectivity index (χ0v) is 39.4. The van der Waals surface area contributed by atoms with Crippen LogP contribution in [0.5, 0.6) is 0 Å². The van der Waals surface area contributed by atoms with Crippen LogP contribution in [-0.4, -0.2) is 46.9 Å². The first-order valence-electron chi connectivity index (χ1n) is 25.7. The molecule has 6 nitrogen and oxygen atoms in total. The Bertz CT molecular complexity index is 977. The van der Waals surface area contributed by atoms with Crippen molar-refractivity contribution in [2.24, 2.45) is 0 Å². The number of hydrogen-bond acceptors (Lipinski definition) is 5. The van der Waals surface area contributed by atoms with E-state index in [9.17, 15) is 19.8 Å². The van der Waals surface area contributed by atoms with E-state index in [1.807, 2.05) is 0 Å². The summed E-state index contributed by atoms with van der Waals surface area (Å²) >= 11 is 0. The highest BCUT2D eigenvalue weighted by Gasteiger charge is 2.24. The molecule has 0 aromatic carbocycles. The van der Waals surface area contributed by atoms with Gasteiger partial charge in [-0.15, -0.1) is 0 Å². The van der Waals surface area contributed by atoms with Gasteiger partial charge in [0, 0.05) is 6.42 Å². The van der Waals surface area contributed by atoms with E-state index in [2.05, 4.69) is 62.5 Å². The van der Waals surface area contributed by atoms with Crippen molar-refractivity contribution in [3.05, 3.63) is 36.5 Å². The molecule has 0 saturated heterocycles. The lowest BCUT2D eigenvalue weighted by Gasteiger charge is -2.24. The Kier molecular flexibility index (Phi) is 45.6. The molecule has 0 aliphatic carbocycles. The fraction of sp³-hybridized carbons (Fsp3) is 0.849. The molecular formula is C53H99NO5. The Morgan fingerprint density at radius 1 is 0.508 bits per heavy atom. The maximum Gasteiger partial charge on any atom is 0.306 e. The number of ether oxygens (including phenoxy) is 1. The van der Waals surface area contributed by atoms with Crippen LogP contribution >= 0.6 is 0 Å². The minimum atomic E-state index is -0.786. The summed E-state index contributed by atoms with van der Waals surface area (Å²) in [5.41, 5.74) is 0. The summed E-state index contributed by atoms with van der Waals surface area (Å²) in [7, 11) is 0. The summed E-state index contributed by atoms with van der Waals surface area (Å²) in [6.45, 7) is 6.36. The van der Waals surface area contributed by atoms with Crippen molar-refractivity contribution >= 4 is 11.9 Å². The van der Waals surface area contributed by atoms with E-state index in [4.69, 9.17) is 4.74 Å². The van der Waals surface area contributed by atoms with Crippen LogP contribution in [0.3, 0.4) is 0 Å². The number of nitrogens with one attached hydrogen (secondary N) is 1. The van der Waals surface area contributed by atoms with Gasteiger partial charge in [0.25, 0.3) is 0 Å². The molecule has 0 aromatic rings. The number of hydrogen-bond donors (Lipinski definition) is 3. The van der Waals surface area contributed by atoms with E-state index < -0.39 is 18.2 Å². The van der Waals surface area contributed by atoms with Crippen molar-refractivity contribution < 1.29 is 24.5 Å². The number of rotatable bonds is 46. The van der Waals surface area contributed by atoms with Crippen molar-refractivity contribution in [1.29, 1.82) is 0 Å². The van der Waals surface area contributed by atoms with Gasteiger partial charge in [-0.05, 0) is 44.9 Å².